The van der Waals surface area contributed by atoms with Gasteiger partial charge in [0.25, 0.3) is 5.91 Å². The molecule has 0 aliphatic carbocycles. The first kappa shape index (κ1) is 17.2. The fraction of sp³-hybridized carbons (Fsp3) is 0.158. The summed E-state index contributed by atoms with van der Waals surface area (Å²) >= 11 is 5.91. The smallest absolute Gasteiger partial charge is 0.255 e. The van der Waals surface area contributed by atoms with Crippen molar-refractivity contribution in [3.05, 3.63) is 59.2 Å². The lowest BCUT2D eigenvalue weighted by molar-refractivity contribution is 0.0947. The number of hydrogen-bond acceptors (Lipinski definition) is 5. The summed E-state index contributed by atoms with van der Waals surface area (Å²) in [6.07, 6.45) is 1.50. The van der Waals surface area contributed by atoms with E-state index in [4.69, 9.17) is 25.8 Å². The third kappa shape index (κ3) is 3.83. The van der Waals surface area contributed by atoms with Crippen LogP contribution in [0.25, 0.3) is 11.3 Å². The first-order valence-electron chi connectivity index (χ1n) is 8.30. The number of benzene rings is 2. The number of H-pyrrole nitrogens is 1. The van der Waals surface area contributed by atoms with Crippen LogP contribution in [0.4, 0.5) is 0 Å². The van der Waals surface area contributed by atoms with Crippen LogP contribution in [-0.2, 0) is 0 Å². The Morgan fingerprint density at radius 3 is 2.85 bits per heavy atom. The summed E-state index contributed by atoms with van der Waals surface area (Å²) in [5, 5.41) is 10.3. The molecule has 0 unspecified atom stereocenters. The summed E-state index contributed by atoms with van der Waals surface area (Å²) in [6.45, 7) is 0.882. The Balaban J connectivity index is 1.32. The van der Waals surface area contributed by atoms with Gasteiger partial charge in [-0.3, -0.25) is 9.89 Å². The monoisotopic (exact) mass is 385 g/mol. The van der Waals surface area contributed by atoms with Gasteiger partial charge in [-0.05, 0) is 24.3 Å². The Morgan fingerprint density at radius 1 is 1.19 bits per heavy atom. The number of hydrogen-bond donors (Lipinski definition) is 2. The van der Waals surface area contributed by atoms with Crippen molar-refractivity contribution in [2.45, 2.75) is 0 Å². The Morgan fingerprint density at radius 2 is 2.00 bits per heavy atom. The molecule has 1 aromatic heterocycles. The molecule has 0 radical (unpaired) electrons. The predicted molar refractivity (Wildman–Crippen MR) is 99.4 cm³/mol. The molecule has 0 saturated heterocycles. The number of amides is 1. The van der Waals surface area contributed by atoms with Crippen LogP contribution in [0.5, 0.6) is 17.2 Å². The Bertz CT molecular complexity index is 956. The molecule has 1 amide bonds. The van der Waals surface area contributed by atoms with E-state index >= 15 is 0 Å². The highest BCUT2D eigenvalue weighted by Crippen LogP contribution is 2.35. The average Bonchev–Trinajstić information content (AvgIpc) is 3.34. The van der Waals surface area contributed by atoms with Crippen molar-refractivity contribution in [1.82, 2.24) is 15.5 Å². The molecule has 0 atom stereocenters. The van der Waals surface area contributed by atoms with Crippen molar-refractivity contribution in [3.8, 4) is 28.5 Å². The zero-order valence-corrected chi connectivity index (χ0v) is 15.0. The quantitative estimate of drug-likeness (QED) is 0.636. The third-order valence-electron chi connectivity index (χ3n) is 4.02. The number of carbonyl (C=O) groups is 1. The second-order valence-corrected chi connectivity index (χ2v) is 6.22. The van der Waals surface area contributed by atoms with E-state index in [9.17, 15) is 4.79 Å². The number of aromatic amines is 1. The van der Waals surface area contributed by atoms with Crippen LogP contribution in [0.3, 0.4) is 0 Å². The van der Waals surface area contributed by atoms with E-state index in [1.807, 2.05) is 12.1 Å². The first-order valence-corrected chi connectivity index (χ1v) is 8.68. The fourth-order valence-electron chi connectivity index (χ4n) is 2.69. The molecule has 2 heterocycles. The van der Waals surface area contributed by atoms with Gasteiger partial charge in [0.2, 0.25) is 6.79 Å². The summed E-state index contributed by atoms with van der Waals surface area (Å²) in [5.41, 5.74) is 1.93. The summed E-state index contributed by atoms with van der Waals surface area (Å²) in [5.74, 6) is 1.77. The van der Waals surface area contributed by atoms with E-state index in [0.29, 0.717) is 46.7 Å². The molecule has 7 nitrogen and oxygen atoms in total. The Labute approximate surface area is 160 Å². The minimum Gasteiger partial charge on any atom is -0.492 e. The van der Waals surface area contributed by atoms with Crippen LogP contribution in [-0.4, -0.2) is 36.0 Å². The number of nitrogens with zero attached hydrogens (tertiary/aromatic N) is 1. The molecule has 3 aromatic rings. The second-order valence-electron chi connectivity index (χ2n) is 5.79. The van der Waals surface area contributed by atoms with Crippen molar-refractivity contribution >= 4 is 17.5 Å². The van der Waals surface area contributed by atoms with E-state index < -0.39 is 0 Å². The molecule has 1 aliphatic rings. The standard InChI is InChI=1S/C19H16ClN3O4/c20-13-3-1-12(2-4-13)18-15(10-22-23-18)19(24)21-7-8-25-14-5-6-16-17(9-14)27-11-26-16/h1-6,9-10H,7-8,11H2,(H,21,24)(H,22,23). The number of carbonyl (C=O) groups excluding carboxylic acids is 1. The van der Waals surface area contributed by atoms with Gasteiger partial charge in [0, 0.05) is 16.7 Å². The lowest BCUT2D eigenvalue weighted by atomic mass is 10.1. The van der Waals surface area contributed by atoms with Crippen LogP contribution in [0.1, 0.15) is 10.4 Å². The molecule has 8 heteroatoms. The van der Waals surface area contributed by atoms with E-state index in [1.54, 1.807) is 30.3 Å². The molecule has 2 N–H and O–H groups in total. The highest BCUT2D eigenvalue weighted by Gasteiger charge is 2.16. The van der Waals surface area contributed by atoms with E-state index in [0.717, 1.165) is 5.56 Å². The lowest BCUT2D eigenvalue weighted by Gasteiger charge is -2.09. The van der Waals surface area contributed by atoms with Gasteiger partial charge < -0.3 is 19.5 Å². The number of aromatic nitrogens is 2. The second kappa shape index (κ2) is 7.59. The molecule has 0 saturated carbocycles. The Kier molecular flexibility index (Phi) is 4.84. The molecule has 0 bridgehead atoms. The van der Waals surface area contributed by atoms with Crippen molar-refractivity contribution in [3.63, 3.8) is 0 Å². The lowest BCUT2D eigenvalue weighted by Crippen LogP contribution is -2.28. The van der Waals surface area contributed by atoms with Gasteiger partial charge in [0.05, 0.1) is 24.0 Å². The summed E-state index contributed by atoms with van der Waals surface area (Å²) in [7, 11) is 0. The zero-order valence-electron chi connectivity index (χ0n) is 14.2. The molecule has 1 aliphatic heterocycles. The van der Waals surface area contributed by atoms with Crippen LogP contribution in [0, 0.1) is 0 Å². The summed E-state index contributed by atoms with van der Waals surface area (Å²) in [4.78, 5) is 12.4. The van der Waals surface area contributed by atoms with Crippen LogP contribution < -0.4 is 19.5 Å². The SMILES string of the molecule is O=C(NCCOc1ccc2c(c1)OCO2)c1cn[nH]c1-c1ccc(Cl)cc1. The molecule has 4 rings (SSSR count). The van der Waals surface area contributed by atoms with Crippen LogP contribution >= 0.6 is 11.6 Å². The van der Waals surface area contributed by atoms with Crippen molar-refractivity contribution < 1.29 is 19.0 Å². The van der Waals surface area contributed by atoms with Gasteiger partial charge in [-0.15, -0.1) is 0 Å². The predicted octanol–water partition coefficient (Wildman–Crippen LogP) is 3.27. The highest BCUT2D eigenvalue weighted by molar-refractivity contribution is 6.30. The minimum atomic E-state index is -0.233. The maximum Gasteiger partial charge on any atom is 0.255 e. The van der Waals surface area contributed by atoms with E-state index in [-0.39, 0.29) is 12.7 Å². The molecule has 0 fully saturated rings. The molecular weight excluding hydrogens is 370 g/mol. The number of rotatable bonds is 6. The summed E-state index contributed by atoms with van der Waals surface area (Å²) in [6, 6.07) is 12.5. The van der Waals surface area contributed by atoms with Gasteiger partial charge in [-0.2, -0.15) is 5.10 Å². The van der Waals surface area contributed by atoms with Crippen molar-refractivity contribution in [1.29, 1.82) is 0 Å². The van der Waals surface area contributed by atoms with Crippen LogP contribution in [0.2, 0.25) is 5.02 Å². The zero-order chi connectivity index (χ0) is 18.6. The normalized spacial score (nSPS) is 12.0. The van der Waals surface area contributed by atoms with Gasteiger partial charge in [0.15, 0.2) is 11.5 Å². The van der Waals surface area contributed by atoms with Crippen molar-refractivity contribution in [2.75, 3.05) is 19.9 Å². The van der Waals surface area contributed by atoms with Gasteiger partial charge >= 0.3 is 0 Å². The number of ether oxygens (including phenoxy) is 3. The first-order chi connectivity index (χ1) is 13.2. The van der Waals surface area contributed by atoms with Gasteiger partial charge in [-0.25, -0.2) is 0 Å². The maximum atomic E-state index is 12.4. The van der Waals surface area contributed by atoms with E-state index in [1.165, 1.54) is 6.20 Å². The van der Waals surface area contributed by atoms with Crippen molar-refractivity contribution in [2.24, 2.45) is 0 Å². The van der Waals surface area contributed by atoms with Gasteiger partial charge in [-0.1, -0.05) is 23.7 Å². The number of halogens is 1. The molecular formula is C19H16ClN3O4. The number of fused-ring (bicyclic) bond motifs is 1. The molecule has 2 aromatic carbocycles. The fourth-order valence-corrected chi connectivity index (χ4v) is 2.82. The summed E-state index contributed by atoms with van der Waals surface area (Å²) < 4.78 is 16.2. The molecule has 27 heavy (non-hydrogen) atoms. The van der Waals surface area contributed by atoms with Gasteiger partial charge in [0.1, 0.15) is 12.4 Å². The van der Waals surface area contributed by atoms with Crippen LogP contribution in [0.15, 0.2) is 48.7 Å². The maximum absolute atomic E-state index is 12.4. The largest absolute Gasteiger partial charge is 0.492 e. The Hall–Kier alpha value is -3.19. The molecule has 138 valence electrons. The topological polar surface area (TPSA) is 85.5 Å². The highest BCUT2D eigenvalue weighted by atomic mass is 35.5. The van der Waals surface area contributed by atoms with E-state index in [2.05, 4.69) is 15.5 Å². The average molecular weight is 386 g/mol. The molecule has 0 spiro atoms. The third-order valence-corrected chi connectivity index (χ3v) is 4.27. The minimum absolute atomic E-state index is 0.218. The number of nitrogens with one attached hydrogen (secondary N) is 2.